The van der Waals surface area contributed by atoms with E-state index in [1.165, 1.54) is 0 Å². The minimum atomic E-state index is -1.26. The number of hydrogen-bond acceptors (Lipinski definition) is 2. The number of anilines is 1. The number of aryl methyl sites for hydroxylation is 1. The Morgan fingerprint density at radius 1 is 1.31 bits per heavy atom. The van der Waals surface area contributed by atoms with Gasteiger partial charge in [-0.25, -0.2) is 4.79 Å². The third-order valence-corrected chi connectivity index (χ3v) is 2.06. The number of amides is 1. The summed E-state index contributed by atoms with van der Waals surface area (Å²) in [5.41, 5.74) is 1.62. The van der Waals surface area contributed by atoms with Gasteiger partial charge in [0, 0.05) is 11.8 Å². The quantitative estimate of drug-likeness (QED) is 0.795. The van der Waals surface area contributed by atoms with E-state index in [4.69, 9.17) is 16.7 Å². The third-order valence-electron chi connectivity index (χ3n) is 1.78. The number of nitrogens with one attached hydrogen (secondary N) is 1. The van der Waals surface area contributed by atoms with Crippen LogP contribution in [0.5, 0.6) is 0 Å². The molecule has 0 saturated heterocycles. The number of carboxylic acid groups (broad SMARTS) is 1. The van der Waals surface area contributed by atoms with Gasteiger partial charge in [-0.3, -0.25) is 4.79 Å². The van der Waals surface area contributed by atoms with Crippen LogP contribution >= 0.6 is 11.6 Å². The molecule has 0 saturated carbocycles. The molecule has 2 N–H and O–H groups in total. The molecule has 0 heterocycles. The van der Waals surface area contributed by atoms with Crippen molar-refractivity contribution in [3.8, 4) is 0 Å². The summed E-state index contributed by atoms with van der Waals surface area (Å²) in [5.74, 6) is -1.91. The van der Waals surface area contributed by atoms with Gasteiger partial charge in [0.2, 0.25) is 0 Å². The highest BCUT2D eigenvalue weighted by molar-refractivity contribution is 6.44. The Kier molecular flexibility index (Phi) is 4.08. The zero-order valence-electron chi connectivity index (χ0n) is 8.53. The predicted molar refractivity (Wildman–Crippen MR) is 61.4 cm³/mol. The first-order valence-electron chi connectivity index (χ1n) is 4.47. The average molecular weight is 240 g/mol. The highest BCUT2D eigenvalue weighted by Crippen LogP contribution is 2.11. The van der Waals surface area contributed by atoms with Gasteiger partial charge >= 0.3 is 5.97 Å². The highest BCUT2D eigenvalue weighted by Gasteiger charge is 2.08. The van der Waals surface area contributed by atoms with E-state index in [9.17, 15) is 9.59 Å². The van der Waals surface area contributed by atoms with Gasteiger partial charge in [0.1, 0.15) is 5.03 Å². The Labute approximate surface area is 97.5 Å². The van der Waals surface area contributed by atoms with Crippen LogP contribution in [0.15, 0.2) is 35.4 Å². The summed E-state index contributed by atoms with van der Waals surface area (Å²) < 4.78 is 0. The molecule has 0 aliphatic heterocycles. The second-order valence-corrected chi connectivity index (χ2v) is 3.56. The second-order valence-electron chi connectivity index (χ2n) is 3.15. The van der Waals surface area contributed by atoms with Crippen LogP contribution in [-0.4, -0.2) is 17.0 Å². The topological polar surface area (TPSA) is 66.4 Å². The number of carboxylic acids is 1. The molecule has 0 fully saturated rings. The van der Waals surface area contributed by atoms with Gasteiger partial charge in [-0.2, -0.15) is 0 Å². The Bertz CT molecular complexity index is 437. The van der Waals surface area contributed by atoms with Crippen LogP contribution in [0.2, 0.25) is 0 Å². The molecule has 4 nitrogen and oxygen atoms in total. The smallest absolute Gasteiger partial charge is 0.330 e. The lowest BCUT2D eigenvalue weighted by Gasteiger charge is -2.03. The zero-order valence-corrected chi connectivity index (χ0v) is 9.28. The maximum Gasteiger partial charge on any atom is 0.330 e. The molecular formula is C11H10ClNO3. The van der Waals surface area contributed by atoms with Crippen LogP contribution in [0.4, 0.5) is 5.69 Å². The Hall–Kier alpha value is -1.81. The highest BCUT2D eigenvalue weighted by atomic mass is 35.5. The molecule has 84 valence electrons. The van der Waals surface area contributed by atoms with E-state index < -0.39 is 11.9 Å². The van der Waals surface area contributed by atoms with Gasteiger partial charge in [0.15, 0.2) is 0 Å². The van der Waals surface area contributed by atoms with Gasteiger partial charge < -0.3 is 10.4 Å². The number of hydrogen-bond donors (Lipinski definition) is 2. The van der Waals surface area contributed by atoms with Crippen molar-refractivity contribution >= 4 is 29.2 Å². The fourth-order valence-corrected chi connectivity index (χ4v) is 1.14. The van der Waals surface area contributed by atoms with Gasteiger partial charge in [0.25, 0.3) is 5.91 Å². The molecule has 1 aromatic carbocycles. The predicted octanol–water partition coefficient (Wildman–Crippen LogP) is 2.14. The largest absolute Gasteiger partial charge is 0.478 e. The molecule has 16 heavy (non-hydrogen) atoms. The normalized spacial score (nSPS) is 11.0. The maximum atomic E-state index is 11.4. The van der Waals surface area contributed by atoms with Crippen LogP contribution in [-0.2, 0) is 9.59 Å². The molecule has 1 rings (SSSR count). The van der Waals surface area contributed by atoms with E-state index in [1.807, 2.05) is 19.1 Å². The summed E-state index contributed by atoms with van der Waals surface area (Å²) in [5, 5.41) is 10.5. The minimum absolute atomic E-state index is 0.368. The van der Waals surface area contributed by atoms with Crippen LogP contribution in [0.1, 0.15) is 5.56 Å². The van der Waals surface area contributed by atoms with Crippen LogP contribution < -0.4 is 5.32 Å². The Morgan fingerprint density at radius 3 is 2.38 bits per heavy atom. The zero-order chi connectivity index (χ0) is 12.1. The van der Waals surface area contributed by atoms with E-state index in [0.29, 0.717) is 11.8 Å². The van der Waals surface area contributed by atoms with Crippen LogP contribution in [0.25, 0.3) is 0 Å². The number of halogens is 1. The summed E-state index contributed by atoms with van der Waals surface area (Å²) in [4.78, 5) is 21.6. The van der Waals surface area contributed by atoms with E-state index in [-0.39, 0.29) is 5.03 Å². The molecule has 0 aromatic heterocycles. The standard InChI is InChI=1S/C11H10ClNO3/c1-7-2-4-8(5-3-7)13-11(16)9(12)6-10(14)15/h2-6H,1H3,(H,13,16)(H,14,15)/b9-6+. The molecule has 0 radical (unpaired) electrons. The molecule has 1 amide bonds. The lowest BCUT2D eigenvalue weighted by atomic mass is 10.2. The average Bonchev–Trinajstić information content (AvgIpc) is 2.20. The van der Waals surface area contributed by atoms with E-state index in [0.717, 1.165) is 5.56 Å². The molecule has 0 spiro atoms. The Balaban J connectivity index is 2.71. The first kappa shape index (κ1) is 12.3. The van der Waals surface area contributed by atoms with Crippen molar-refractivity contribution in [2.75, 3.05) is 5.32 Å². The lowest BCUT2D eigenvalue weighted by Crippen LogP contribution is -2.12. The van der Waals surface area contributed by atoms with E-state index >= 15 is 0 Å². The molecule has 0 aliphatic carbocycles. The fourth-order valence-electron chi connectivity index (χ4n) is 1.00. The molecule has 0 bridgehead atoms. The van der Waals surface area contributed by atoms with Crippen molar-refractivity contribution in [2.24, 2.45) is 0 Å². The van der Waals surface area contributed by atoms with Gasteiger partial charge in [-0.1, -0.05) is 29.3 Å². The first-order chi connectivity index (χ1) is 7.49. The van der Waals surface area contributed by atoms with Crippen molar-refractivity contribution in [1.29, 1.82) is 0 Å². The second kappa shape index (κ2) is 5.32. The molecular weight excluding hydrogens is 230 g/mol. The van der Waals surface area contributed by atoms with Crippen molar-refractivity contribution in [1.82, 2.24) is 0 Å². The van der Waals surface area contributed by atoms with Gasteiger partial charge in [-0.15, -0.1) is 0 Å². The number of carbonyl (C=O) groups is 2. The van der Waals surface area contributed by atoms with Crippen molar-refractivity contribution < 1.29 is 14.7 Å². The maximum absolute atomic E-state index is 11.4. The summed E-state index contributed by atoms with van der Waals surface area (Å²) in [6.45, 7) is 1.92. The summed E-state index contributed by atoms with van der Waals surface area (Å²) in [7, 11) is 0. The molecule has 5 heteroatoms. The molecule has 0 unspecified atom stereocenters. The third kappa shape index (κ3) is 3.74. The van der Waals surface area contributed by atoms with Crippen LogP contribution in [0.3, 0.4) is 0 Å². The number of aliphatic carboxylic acids is 1. The molecule has 0 aliphatic rings. The van der Waals surface area contributed by atoms with Crippen LogP contribution in [0, 0.1) is 6.92 Å². The van der Waals surface area contributed by atoms with Gasteiger partial charge in [0.05, 0.1) is 0 Å². The van der Waals surface area contributed by atoms with Crippen molar-refractivity contribution in [3.63, 3.8) is 0 Å². The van der Waals surface area contributed by atoms with Crippen molar-refractivity contribution in [3.05, 3.63) is 40.9 Å². The summed E-state index contributed by atoms with van der Waals surface area (Å²) in [6, 6.07) is 7.06. The fraction of sp³-hybridized carbons (Fsp3) is 0.0909. The Morgan fingerprint density at radius 2 is 1.88 bits per heavy atom. The van der Waals surface area contributed by atoms with E-state index in [2.05, 4.69) is 5.32 Å². The van der Waals surface area contributed by atoms with Crippen molar-refractivity contribution in [2.45, 2.75) is 6.92 Å². The lowest BCUT2D eigenvalue weighted by molar-refractivity contribution is -0.131. The minimum Gasteiger partial charge on any atom is -0.478 e. The van der Waals surface area contributed by atoms with Gasteiger partial charge in [-0.05, 0) is 19.1 Å². The SMILES string of the molecule is Cc1ccc(NC(=O)/C(Cl)=C\C(=O)O)cc1. The molecule has 0 atom stereocenters. The number of rotatable bonds is 3. The number of carbonyl (C=O) groups excluding carboxylic acids is 1. The molecule has 1 aromatic rings. The number of benzene rings is 1. The monoisotopic (exact) mass is 239 g/mol. The first-order valence-corrected chi connectivity index (χ1v) is 4.85. The summed E-state index contributed by atoms with van der Waals surface area (Å²) in [6.07, 6.45) is 0.644. The van der Waals surface area contributed by atoms with E-state index in [1.54, 1.807) is 12.1 Å². The summed E-state index contributed by atoms with van der Waals surface area (Å²) >= 11 is 5.48.